The maximum atomic E-state index is 8.71. The predicted octanol–water partition coefficient (Wildman–Crippen LogP) is 2.04. The molecular formula is C14H21NO2. The first kappa shape index (κ1) is 12.4. The van der Waals surface area contributed by atoms with Gasteiger partial charge in [0.2, 0.25) is 0 Å². The van der Waals surface area contributed by atoms with Gasteiger partial charge < -0.3 is 15.2 Å². The van der Waals surface area contributed by atoms with Crippen molar-refractivity contribution in [2.24, 2.45) is 0 Å². The first-order valence-corrected chi connectivity index (χ1v) is 6.39. The van der Waals surface area contributed by atoms with Crippen molar-refractivity contribution < 1.29 is 9.84 Å². The van der Waals surface area contributed by atoms with Crippen LogP contribution in [-0.2, 0) is 6.42 Å². The second kappa shape index (κ2) is 6.03. The van der Waals surface area contributed by atoms with Crippen molar-refractivity contribution in [3.8, 4) is 5.75 Å². The van der Waals surface area contributed by atoms with Crippen LogP contribution in [-0.4, -0.2) is 25.4 Å². The molecule has 0 saturated carbocycles. The molecule has 0 fully saturated rings. The minimum Gasteiger partial charge on any atom is -0.493 e. The Labute approximate surface area is 103 Å². The Morgan fingerprint density at radius 3 is 3.12 bits per heavy atom. The average Bonchev–Trinajstić information content (AvgIpc) is 2.38. The highest BCUT2D eigenvalue weighted by Gasteiger charge is 2.18. The van der Waals surface area contributed by atoms with E-state index in [0.29, 0.717) is 19.1 Å². The maximum absolute atomic E-state index is 8.71. The van der Waals surface area contributed by atoms with Crippen LogP contribution in [0.5, 0.6) is 5.75 Å². The zero-order valence-electron chi connectivity index (χ0n) is 10.4. The average molecular weight is 235 g/mol. The minimum atomic E-state index is 0.187. The number of aliphatic hydroxyl groups excluding tert-OH is 1. The molecular weight excluding hydrogens is 214 g/mol. The second-order valence-electron chi connectivity index (χ2n) is 4.52. The lowest BCUT2D eigenvalue weighted by Gasteiger charge is -2.25. The van der Waals surface area contributed by atoms with Crippen molar-refractivity contribution in [1.82, 2.24) is 5.32 Å². The molecule has 0 spiro atoms. The van der Waals surface area contributed by atoms with Gasteiger partial charge in [-0.25, -0.2) is 0 Å². The summed E-state index contributed by atoms with van der Waals surface area (Å²) in [5.74, 6) is 0.925. The third-order valence-corrected chi connectivity index (χ3v) is 3.35. The van der Waals surface area contributed by atoms with Crippen LogP contribution in [0.1, 0.15) is 36.4 Å². The fourth-order valence-electron chi connectivity index (χ4n) is 2.43. The number of rotatable bonds is 5. The quantitative estimate of drug-likeness (QED) is 0.767. The molecule has 0 radical (unpaired) electrons. The molecule has 17 heavy (non-hydrogen) atoms. The van der Waals surface area contributed by atoms with Crippen LogP contribution in [0.25, 0.3) is 0 Å². The Morgan fingerprint density at radius 1 is 1.47 bits per heavy atom. The Kier molecular flexibility index (Phi) is 4.40. The summed E-state index contributed by atoms with van der Waals surface area (Å²) in [6, 6.07) is 6.84. The molecule has 94 valence electrons. The van der Waals surface area contributed by atoms with Crippen LogP contribution in [0.3, 0.4) is 0 Å². The van der Waals surface area contributed by atoms with Gasteiger partial charge in [0.05, 0.1) is 6.61 Å². The fraction of sp³-hybridized carbons (Fsp3) is 0.571. The lowest BCUT2D eigenvalue weighted by Crippen LogP contribution is -2.21. The third-order valence-electron chi connectivity index (χ3n) is 3.35. The maximum Gasteiger partial charge on any atom is 0.119 e. The number of aliphatic hydroxyl groups is 1. The summed E-state index contributed by atoms with van der Waals surface area (Å²) in [4.78, 5) is 0. The molecule has 1 unspecified atom stereocenters. The van der Waals surface area contributed by atoms with Crippen LogP contribution >= 0.6 is 0 Å². The topological polar surface area (TPSA) is 41.5 Å². The third kappa shape index (κ3) is 2.99. The van der Waals surface area contributed by atoms with E-state index < -0.39 is 0 Å². The van der Waals surface area contributed by atoms with E-state index in [1.165, 1.54) is 24.0 Å². The van der Waals surface area contributed by atoms with E-state index in [1.807, 2.05) is 13.1 Å². The molecule has 0 aromatic heterocycles. The fourth-order valence-corrected chi connectivity index (χ4v) is 2.43. The number of nitrogens with one attached hydrogen (secondary N) is 1. The van der Waals surface area contributed by atoms with Gasteiger partial charge in [0.15, 0.2) is 0 Å². The lowest BCUT2D eigenvalue weighted by atomic mass is 9.87. The summed E-state index contributed by atoms with van der Waals surface area (Å²) < 4.78 is 5.60. The highest BCUT2D eigenvalue weighted by molar-refractivity contribution is 5.39. The van der Waals surface area contributed by atoms with Crippen LogP contribution in [0.4, 0.5) is 0 Å². The Balaban J connectivity index is 2.08. The van der Waals surface area contributed by atoms with Crippen LogP contribution in [0.2, 0.25) is 0 Å². The normalized spacial score (nSPS) is 18.8. The molecule has 1 atom stereocenters. The molecule has 3 heteroatoms. The van der Waals surface area contributed by atoms with E-state index in [9.17, 15) is 0 Å². The van der Waals surface area contributed by atoms with Crippen LogP contribution in [0.15, 0.2) is 18.2 Å². The molecule has 2 N–H and O–H groups in total. The van der Waals surface area contributed by atoms with Crippen molar-refractivity contribution in [3.05, 3.63) is 29.3 Å². The van der Waals surface area contributed by atoms with Gasteiger partial charge in [0.25, 0.3) is 0 Å². The molecule has 3 nitrogen and oxygen atoms in total. The molecule has 0 bridgehead atoms. The summed E-state index contributed by atoms with van der Waals surface area (Å²) in [6.07, 6.45) is 4.29. The van der Waals surface area contributed by atoms with Crippen molar-refractivity contribution in [2.45, 2.75) is 31.7 Å². The number of hydrogen-bond acceptors (Lipinski definition) is 3. The number of aryl methyl sites for hydroxylation is 1. The molecule has 1 aromatic rings. The zero-order chi connectivity index (χ0) is 12.1. The summed E-state index contributed by atoms with van der Waals surface area (Å²) in [5, 5.41) is 12.1. The van der Waals surface area contributed by atoms with E-state index in [0.717, 1.165) is 12.2 Å². The molecule has 0 aliphatic heterocycles. The highest BCUT2D eigenvalue weighted by Crippen LogP contribution is 2.31. The largest absolute Gasteiger partial charge is 0.493 e. The summed E-state index contributed by atoms with van der Waals surface area (Å²) in [7, 11) is 2.02. The van der Waals surface area contributed by atoms with Gasteiger partial charge in [-0.2, -0.15) is 0 Å². The Hall–Kier alpha value is -1.06. The zero-order valence-corrected chi connectivity index (χ0v) is 10.4. The number of fused-ring (bicyclic) bond motifs is 1. The molecule has 2 rings (SSSR count). The van der Waals surface area contributed by atoms with Gasteiger partial charge in [-0.1, -0.05) is 6.07 Å². The van der Waals surface area contributed by atoms with Gasteiger partial charge in [-0.3, -0.25) is 0 Å². The molecule has 1 aromatic carbocycles. The minimum absolute atomic E-state index is 0.187. The highest BCUT2D eigenvalue weighted by atomic mass is 16.5. The first-order valence-electron chi connectivity index (χ1n) is 6.39. The second-order valence-corrected chi connectivity index (χ2v) is 4.52. The van der Waals surface area contributed by atoms with E-state index in [4.69, 9.17) is 9.84 Å². The molecule has 1 aliphatic carbocycles. The lowest BCUT2D eigenvalue weighted by molar-refractivity contribution is 0.233. The predicted molar refractivity (Wildman–Crippen MR) is 68.4 cm³/mol. The van der Waals surface area contributed by atoms with Crippen molar-refractivity contribution >= 4 is 0 Å². The molecule has 0 heterocycles. The van der Waals surface area contributed by atoms with Crippen LogP contribution < -0.4 is 10.1 Å². The number of benzene rings is 1. The summed E-state index contributed by atoms with van der Waals surface area (Å²) >= 11 is 0. The Morgan fingerprint density at radius 2 is 2.35 bits per heavy atom. The van der Waals surface area contributed by atoms with Gasteiger partial charge in [0.1, 0.15) is 5.75 Å². The Bertz CT molecular complexity index is 365. The smallest absolute Gasteiger partial charge is 0.119 e. The van der Waals surface area contributed by atoms with Crippen molar-refractivity contribution in [3.63, 3.8) is 0 Å². The summed E-state index contributed by atoms with van der Waals surface area (Å²) in [6.45, 7) is 0.775. The van der Waals surface area contributed by atoms with Gasteiger partial charge in [0, 0.05) is 19.1 Å². The molecule has 0 amide bonds. The number of ether oxygens (including phenoxy) is 1. The molecule has 0 saturated heterocycles. The monoisotopic (exact) mass is 235 g/mol. The molecule has 1 aliphatic rings. The standard InChI is InChI=1S/C14H21NO2/c1-15-14-5-2-4-11-10-12(6-7-13(11)14)17-9-3-8-16/h6-7,10,14-16H,2-5,8-9H2,1H3. The van der Waals surface area contributed by atoms with Crippen molar-refractivity contribution in [1.29, 1.82) is 0 Å². The van der Waals surface area contributed by atoms with Gasteiger partial charge >= 0.3 is 0 Å². The van der Waals surface area contributed by atoms with Crippen LogP contribution in [0, 0.1) is 0 Å². The van der Waals surface area contributed by atoms with Gasteiger partial charge in [-0.05, 0) is 49.6 Å². The van der Waals surface area contributed by atoms with E-state index in [2.05, 4.69) is 17.4 Å². The van der Waals surface area contributed by atoms with E-state index in [1.54, 1.807) is 0 Å². The van der Waals surface area contributed by atoms with E-state index >= 15 is 0 Å². The van der Waals surface area contributed by atoms with Gasteiger partial charge in [-0.15, -0.1) is 0 Å². The first-order chi connectivity index (χ1) is 8.35. The van der Waals surface area contributed by atoms with E-state index in [-0.39, 0.29) is 6.61 Å². The number of hydrogen-bond donors (Lipinski definition) is 2. The van der Waals surface area contributed by atoms with Crippen molar-refractivity contribution in [2.75, 3.05) is 20.3 Å². The summed E-state index contributed by atoms with van der Waals surface area (Å²) in [5.41, 5.74) is 2.81. The SMILES string of the molecule is CNC1CCCc2cc(OCCCO)ccc21.